The van der Waals surface area contributed by atoms with Crippen LogP contribution in [0.3, 0.4) is 0 Å². The molecular weight excluding hydrogens is 574 g/mol. The van der Waals surface area contributed by atoms with Gasteiger partial charge in [-0.1, -0.05) is 60.7 Å². The minimum atomic E-state index is 0.216. The lowest BCUT2D eigenvalue weighted by molar-refractivity contribution is 0.669. The molecule has 3 aromatic heterocycles. The highest BCUT2D eigenvalue weighted by atomic mass is 16.3. The van der Waals surface area contributed by atoms with Crippen LogP contribution in [0, 0.1) is 11.3 Å². The lowest BCUT2D eigenvalue weighted by Gasteiger charge is -2.21. The zero-order valence-corrected chi connectivity index (χ0v) is 26.2. The Bertz CT molecular complexity index is 2510. The fourth-order valence-corrected chi connectivity index (χ4v) is 8.53. The van der Waals surface area contributed by atoms with Crippen LogP contribution in [0.5, 0.6) is 0 Å². The Morgan fingerprint density at radius 3 is 2.38 bits per heavy atom. The fourth-order valence-electron chi connectivity index (χ4n) is 8.53. The van der Waals surface area contributed by atoms with E-state index in [0.29, 0.717) is 0 Å². The summed E-state index contributed by atoms with van der Waals surface area (Å²) >= 11 is 0. The molecule has 0 bridgehead atoms. The van der Waals surface area contributed by atoms with E-state index in [0.717, 1.165) is 78.1 Å². The van der Waals surface area contributed by atoms with Gasteiger partial charge in [0.2, 0.25) is 0 Å². The summed E-state index contributed by atoms with van der Waals surface area (Å²) in [5.74, 6) is 0.216. The fraction of sp³-hybridized carbons (Fsp3) is 0.186. The highest BCUT2D eigenvalue weighted by Crippen LogP contribution is 2.41. The van der Waals surface area contributed by atoms with Gasteiger partial charge in [0.25, 0.3) is 0 Å². The van der Waals surface area contributed by atoms with Gasteiger partial charge in [-0.3, -0.25) is 0 Å². The highest BCUT2D eigenvalue weighted by Gasteiger charge is 2.26. The van der Waals surface area contributed by atoms with Crippen LogP contribution in [0.2, 0.25) is 0 Å². The van der Waals surface area contributed by atoms with Crippen LogP contribution in [0.25, 0.3) is 62.5 Å². The van der Waals surface area contributed by atoms with Gasteiger partial charge in [0.1, 0.15) is 17.2 Å². The molecule has 0 amide bonds. The molecule has 0 saturated heterocycles. The van der Waals surface area contributed by atoms with E-state index in [1.54, 1.807) is 0 Å². The number of rotatable bonds is 3. The number of aromatic nitrogens is 2. The Hall–Kier alpha value is -5.53. The SMILES string of the molecule is N#Cc1cc(C2C=CC(n3c4c(c5cc6oc7ccccc7c6cc53)CCC=C4)=CC2)ccc1-n1c2c(c3c1CCC=C3)CCC=C2. The Kier molecular flexibility index (Phi) is 5.81. The van der Waals surface area contributed by atoms with Crippen molar-refractivity contribution >= 4 is 56.8 Å². The van der Waals surface area contributed by atoms with E-state index in [2.05, 4.69) is 118 Å². The van der Waals surface area contributed by atoms with Gasteiger partial charge in [-0.05, 0) is 116 Å². The van der Waals surface area contributed by atoms with E-state index in [1.165, 1.54) is 55.9 Å². The molecule has 4 heteroatoms. The number of allylic oxidation sites excluding steroid dienone is 7. The van der Waals surface area contributed by atoms with Crippen molar-refractivity contribution in [2.75, 3.05) is 0 Å². The predicted octanol–water partition coefficient (Wildman–Crippen LogP) is 10.7. The monoisotopic (exact) mass is 607 g/mol. The molecule has 226 valence electrons. The number of furan rings is 1. The van der Waals surface area contributed by atoms with Gasteiger partial charge in [0.15, 0.2) is 0 Å². The summed E-state index contributed by atoms with van der Waals surface area (Å²) in [5, 5.41) is 14.0. The van der Waals surface area contributed by atoms with Gasteiger partial charge >= 0.3 is 0 Å². The standard InChI is InChI=1S/C43H33N3O/c44-26-29-23-28(19-22-37(29)46-39-14-6-1-9-31(39)32-10-2-7-15-40(32)46)27-17-20-30(21-18-27)45-38-13-5-3-11-33(38)35-25-43-36(24-41(35)45)34-12-4-8-16-42(34)47-43/h1,4-5,7-9,12-13,15-17,19-25,27H,2-3,6,10-11,14,18H2. The molecule has 47 heavy (non-hydrogen) atoms. The van der Waals surface area contributed by atoms with Gasteiger partial charge < -0.3 is 13.6 Å². The molecule has 0 aliphatic heterocycles. The molecule has 0 saturated carbocycles. The minimum Gasteiger partial charge on any atom is -0.456 e. The summed E-state index contributed by atoms with van der Waals surface area (Å²) in [6, 6.07) is 22.0. The van der Waals surface area contributed by atoms with E-state index < -0.39 is 0 Å². The van der Waals surface area contributed by atoms with Crippen molar-refractivity contribution in [2.24, 2.45) is 0 Å². The summed E-state index contributed by atoms with van der Waals surface area (Å²) in [5.41, 5.74) is 15.3. The molecule has 3 heterocycles. The zero-order chi connectivity index (χ0) is 31.1. The van der Waals surface area contributed by atoms with Crippen LogP contribution in [-0.2, 0) is 19.3 Å². The summed E-state index contributed by atoms with van der Waals surface area (Å²) in [6.07, 6.45) is 27.8. The number of hydrogen-bond acceptors (Lipinski definition) is 2. The maximum atomic E-state index is 10.4. The van der Waals surface area contributed by atoms with Crippen molar-refractivity contribution in [1.29, 1.82) is 5.26 Å². The smallest absolute Gasteiger partial charge is 0.136 e. The lowest BCUT2D eigenvalue weighted by Crippen LogP contribution is -2.09. The highest BCUT2D eigenvalue weighted by molar-refractivity contribution is 6.11. The Morgan fingerprint density at radius 1 is 0.723 bits per heavy atom. The second-order valence-electron chi connectivity index (χ2n) is 13.3. The molecule has 10 rings (SSSR count). The number of para-hydroxylation sites is 1. The molecule has 0 fully saturated rings. The topological polar surface area (TPSA) is 46.8 Å². The Labute approximate surface area is 273 Å². The number of hydrogen-bond donors (Lipinski definition) is 0. The number of fused-ring (bicyclic) bond motifs is 9. The van der Waals surface area contributed by atoms with Crippen LogP contribution < -0.4 is 0 Å². The van der Waals surface area contributed by atoms with E-state index in [4.69, 9.17) is 4.42 Å². The zero-order valence-electron chi connectivity index (χ0n) is 26.2. The largest absolute Gasteiger partial charge is 0.456 e. The first-order valence-electron chi connectivity index (χ1n) is 16.9. The molecule has 6 aromatic rings. The third-order valence-corrected chi connectivity index (χ3v) is 10.7. The number of nitrogens with zero attached hydrogens (tertiary/aromatic N) is 3. The normalized spacial score (nSPS) is 18.0. The third kappa shape index (κ3) is 3.93. The average molecular weight is 608 g/mol. The van der Waals surface area contributed by atoms with Crippen LogP contribution in [-0.4, -0.2) is 9.13 Å². The molecule has 1 unspecified atom stereocenters. The average Bonchev–Trinajstić information content (AvgIpc) is 3.78. The van der Waals surface area contributed by atoms with Crippen molar-refractivity contribution < 1.29 is 4.42 Å². The van der Waals surface area contributed by atoms with Gasteiger partial charge in [0, 0.05) is 44.9 Å². The molecular formula is C43H33N3O. The molecule has 4 aliphatic rings. The number of aryl methyl sites for hydroxylation is 1. The van der Waals surface area contributed by atoms with Crippen molar-refractivity contribution in [3.63, 3.8) is 0 Å². The summed E-state index contributed by atoms with van der Waals surface area (Å²) in [6.45, 7) is 0. The molecule has 0 radical (unpaired) electrons. The summed E-state index contributed by atoms with van der Waals surface area (Å²) in [7, 11) is 0. The van der Waals surface area contributed by atoms with Gasteiger partial charge in [0.05, 0.1) is 16.8 Å². The molecule has 0 spiro atoms. The van der Waals surface area contributed by atoms with Crippen LogP contribution in [0.1, 0.15) is 76.5 Å². The predicted molar refractivity (Wildman–Crippen MR) is 193 cm³/mol. The first kappa shape index (κ1) is 26.7. The Morgan fingerprint density at radius 2 is 1.53 bits per heavy atom. The lowest BCUT2D eigenvalue weighted by atomic mass is 9.90. The summed E-state index contributed by atoms with van der Waals surface area (Å²) < 4.78 is 11.1. The molecule has 4 nitrogen and oxygen atoms in total. The van der Waals surface area contributed by atoms with Gasteiger partial charge in [-0.15, -0.1) is 0 Å². The number of benzene rings is 3. The van der Waals surface area contributed by atoms with E-state index in [1.807, 2.05) is 6.07 Å². The molecule has 0 N–H and O–H groups in total. The second-order valence-corrected chi connectivity index (χ2v) is 13.3. The Balaban J connectivity index is 1.03. The molecule has 3 aromatic carbocycles. The maximum absolute atomic E-state index is 10.4. The van der Waals surface area contributed by atoms with Gasteiger partial charge in [-0.25, -0.2) is 0 Å². The number of nitriles is 1. The van der Waals surface area contributed by atoms with E-state index in [9.17, 15) is 5.26 Å². The van der Waals surface area contributed by atoms with E-state index >= 15 is 0 Å². The van der Waals surface area contributed by atoms with Crippen molar-refractivity contribution in [2.45, 2.75) is 50.9 Å². The second kappa shape index (κ2) is 10.2. The van der Waals surface area contributed by atoms with Crippen molar-refractivity contribution in [3.8, 4) is 11.8 Å². The quantitative estimate of drug-likeness (QED) is 0.201. The van der Waals surface area contributed by atoms with Crippen molar-refractivity contribution in [1.82, 2.24) is 9.13 Å². The minimum absolute atomic E-state index is 0.216. The van der Waals surface area contributed by atoms with E-state index in [-0.39, 0.29) is 5.92 Å². The van der Waals surface area contributed by atoms with Crippen LogP contribution in [0.4, 0.5) is 0 Å². The third-order valence-electron chi connectivity index (χ3n) is 10.7. The van der Waals surface area contributed by atoms with Crippen LogP contribution in [0.15, 0.2) is 95.5 Å². The first-order valence-corrected chi connectivity index (χ1v) is 16.9. The van der Waals surface area contributed by atoms with Crippen LogP contribution >= 0.6 is 0 Å². The maximum Gasteiger partial charge on any atom is 0.136 e. The molecule has 4 aliphatic carbocycles. The molecule has 1 atom stereocenters. The first-order chi connectivity index (χ1) is 23.3. The summed E-state index contributed by atoms with van der Waals surface area (Å²) in [4.78, 5) is 0. The van der Waals surface area contributed by atoms with Gasteiger partial charge in [-0.2, -0.15) is 5.26 Å². The van der Waals surface area contributed by atoms with Crippen molar-refractivity contribution in [3.05, 3.63) is 136 Å².